The quantitative estimate of drug-likeness (QED) is 0.789. The molecule has 80 valence electrons. The van der Waals surface area contributed by atoms with Crippen molar-refractivity contribution in [1.29, 1.82) is 0 Å². The van der Waals surface area contributed by atoms with E-state index in [1.54, 1.807) is 12.1 Å². The van der Waals surface area contributed by atoms with E-state index in [0.29, 0.717) is 0 Å². The normalized spacial score (nSPS) is 10.5. The summed E-state index contributed by atoms with van der Waals surface area (Å²) >= 11 is 0. The summed E-state index contributed by atoms with van der Waals surface area (Å²) in [6.07, 6.45) is -4.33. The fourth-order valence-electron chi connectivity index (χ4n) is 0.772. The number of ether oxygens (including phenoxy) is 1. The van der Waals surface area contributed by atoms with E-state index < -0.39 is 12.8 Å². The molecule has 0 aliphatic rings. The third kappa shape index (κ3) is 4.23. The molecule has 0 amide bonds. The predicted molar refractivity (Wildman–Crippen MR) is 49.7 cm³/mol. The Kier molecular flexibility index (Phi) is 4.56. The van der Waals surface area contributed by atoms with Gasteiger partial charge in [-0.2, -0.15) is 13.2 Å². The number of alkyl halides is 3. The number of hydrogen-bond acceptors (Lipinski definition) is 2. The highest BCUT2D eigenvalue weighted by atomic mass is 35.5. The van der Waals surface area contributed by atoms with Crippen LogP contribution < -0.4 is 10.5 Å². The number of nitrogens with two attached hydrogens (primary N) is 1. The number of benzene rings is 1. The fourth-order valence-corrected chi connectivity index (χ4v) is 0.772. The standard InChI is InChI=1S/C8H8F3NO.ClH/c9-8(10,11)5-13-7-4-2-1-3-6(7)12;/h1-4H,5,12H2;1H. The van der Waals surface area contributed by atoms with Crippen molar-refractivity contribution in [2.75, 3.05) is 12.3 Å². The molecule has 2 N–H and O–H groups in total. The maximum Gasteiger partial charge on any atom is 0.422 e. The highest BCUT2D eigenvalue weighted by molar-refractivity contribution is 5.85. The lowest BCUT2D eigenvalue weighted by atomic mass is 10.3. The van der Waals surface area contributed by atoms with Crippen LogP contribution in [0.5, 0.6) is 5.75 Å². The Morgan fingerprint density at radius 3 is 2.29 bits per heavy atom. The Labute approximate surface area is 85.3 Å². The maximum atomic E-state index is 11.7. The molecule has 1 rings (SSSR count). The molecular formula is C8H9ClF3NO. The molecular weight excluding hydrogens is 219 g/mol. The van der Waals surface area contributed by atoms with Gasteiger partial charge in [-0.3, -0.25) is 0 Å². The van der Waals surface area contributed by atoms with E-state index in [2.05, 4.69) is 4.74 Å². The van der Waals surface area contributed by atoms with Crippen molar-refractivity contribution in [3.05, 3.63) is 24.3 Å². The SMILES string of the molecule is Cl.Nc1ccccc1OCC(F)(F)F. The van der Waals surface area contributed by atoms with E-state index in [1.165, 1.54) is 12.1 Å². The van der Waals surface area contributed by atoms with Gasteiger partial charge < -0.3 is 10.5 Å². The zero-order valence-electron chi connectivity index (χ0n) is 7.04. The molecule has 0 atom stereocenters. The van der Waals surface area contributed by atoms with Gasteiger partial charge >= 0.3 is 6.18 Å². The number of nitrogen functional groups attached to an aromatic ring is 1. The first-order chi connectivity index (χ1) is 5.99. The van der Waals surface area contributed by atoms with E-state index in [-0.39, 0.29) is 23.8 Å². The van der Waals surface area contributed by atoms with E-state index in [4.69, 9.17) is 5.73 Å². The molecule has 1 aromatic carbocycles. The predicted octanol–water partition coefficient (Wildman–Crippen LogP) is 2.63. The van der Waals surface area contributed by atoms with Gasteiger partial charge in [0.05, 0.1) is 5.69 Å². The summed E-state index contributed by atoms with van der Waals surface area (Å²) in [4.78, 5) is 0. The van der Waals surface area contributed by atoms with Crippen molar-refractivity contribution >= 4 is 18.1 Å². The van der Waals surface area contributed by atoms with E-state index in [0.717, 1.165) is 0 Å². The summed E-state index contributed by atoms with van der Waals surface area (Å²) in [5.41, 5.74) is 5.56. The molecule has 6 heteroatoms. The van der Waals surface area contributed by atoms with Crippen LogP contribution in [0, 0.1) is 0 Å². The smallest absolute Gasteiger partial charge is 0.422 e. The molecule has 0 unspecified atom stereocenters. The summed E-state index contributed by atoms with van der Waals surface area (Å²) in [5, 5.41) is 0. The average molecular weight is 228 g/mol. The first-order valence-electron chi connectivity index (χ1n) is 3.53. The second kappa shape index (κ2) is 4.95. The summed E-state index contributed by atoms with van der Waals surface area (Å²) in [7, 11) is 0. The largest absolute Gasteiger partial charge is 0.482 e. The van der Waals surface area contributed by atoms with Gasteiger partial charge in [0.25, 0.3) is 0 Å². The van der Waals surface area contributed by atoms with Gasteiger partial charge in [0.2, 0.25) is 0 Å². The molecule has 0 saturated heterocycles. The van der Waals surface area contributed by atoms with Crippen molar-refractivity contribution in [2.45, 2.75) is 6.18 Å². The Bertz CT molecular complexity index is 290. The van der Waals surface area contributed by atoms with Crippen LogP contribution in [0.4, 0.5) is 18.9 Å². The minimum Gasteiger partial charge on any atom is -0.482 e. The molecule has 2 nitrogen and oxygen atoms in total. The van der Waals surface area contributed by atoms with Crippen molar-refractivity contribution < 1.29 is 17.9 Å². The molecule has 14 heavy (non-hydrogen) atoms. The van der Waals surface area contributed by atoms with Crippen LogP contribution in [0.15, 0.2) is 24.3 Å². The molecule has 0 bridgehead atoms. The maximum absolute atomic E-state index is 11.7. The zero-order valence-corrected chi connectivity index (χ0v) is 7.86. The molecule has 0 aliphatic carbocycles. The fraction of sp³-hybridized carbons (Fsp3) is 0.250. The first-order valence-corrected chi connectivity index (χ1v) is 3.53. The lowest BCUT2D eigenvalue weighted by Crippen LogP contribution is -2.19. The Hall–Kier alpha value is -1.10. The highest BCUT2D eigenvalue weighted by Gasteiger charge is 2.28. The van der Waals surface area contributed by atoms with Crippen molar-refractivity contribution in [3.8, 4) is 5.75 Å². The number of hydrogen-bond donors (Lipinski definition) is 1. The van der Waals surface area contributed by atoms with Crippen LogP contribution in [0.2, 0.25) is 0 Å². The Balaban J connectivity index is 0.00000169. The first kappa shape index (κ1) is 12.9. The van der Waals surface area contributed by atoms with E-state index in [9.17, 15) is 13.2 Å². The number of para-hydroxylation sites is 2. The summed E-state index contributed by atoms with van der Waals surface area (Å²) in [6, 6.07) is 6.05. The molecule has 0 aliphatic heterocycles. The van der Waals surface area contributed by atoms with Gasteiger partial charge in [0, 0.05) is 0 Å². The van der Waals surface area contributed by atoms with Crippen LogP contribution in [0.3, 0.4) is 0 Å². The highest BCUT2D eigenvalue weighted by Crippen LogP contribution is 2.23. The number of halogens is 4. The molecule has 0 radical (unpaired) electrons. The molecule has 0 aromatic heterocycles. The summed E-state index contributed by atoms with van der Waals surface area (Å²) < 4.78 is 39.6. The average Bonchev–Trinajstić information content (AvgIpc) is 2.01. The van der Waals surface area contributed by atoms with Crippen LogP contribution >= 0.6 is 12.4 Å². The third-order valence-electron chi connectivity index (χ3n) is 1.31. The van der Waals surface area contributed by atoms with E-state index in [1.807, 2.05) is 0 Å². The Morgan fingerprint density at radius 1 is 1.21 bits per heavy atom. The van der Waals surface area contributed by atoms with Crippen LogP contribution in [0.25, 0.3) is 0 Å². The van der Waals surface area contributed by atoms with E-state index >= 15 is 0 Å². The van der Waals surface area contributed by atoms with Gasteiger partial charge in [-0.15, -0.1) is 12.4 Å². The Morgan fingerprint density at radius 2 is 1.79 bits per heavy atom. The van der Waals surface area contributed by atoms with Crippen molar-refractivity contribution in [3.63, 3.8) is 0 Å². The lowest BCUT2D eigenvalue weighted by molar-refractivity contribution is -0.153. The second-order valence-electron chi connectivity index (χ2n) is 2.44. The van der Waals surface area contributed by atoms with Gasteiger partial charge in [0.15, 0.2) is 6.61 Å². The van der Waals surface area contributed by atoms with Gasteiger partial charge in [-0.05, 0) is 12.1 Å². The summed E-state index contributed by atoms with van der Waals surface area (Å²) in [6.45, 7) is -1.32. The molecule has 0 heterocycles. The molecule has 0 saturated carbocycles. The minimum absolute atomic E-state index is 0. The molecule has 0 spiro atoms. The number of rotatable bonds is 2. The minimum atomic E-state index is -4.33. The van der Waals surface area contributed by atoms with Crippen LogP contribution in [-0.2, 0) is 0 Å². The van der Waals surface area contributed by atoms with Crippen LogP contribution in [-0.4, -0.2) is 12.8 Å². The topological polar surface area (TPSA) is 35.2 Å². The molecule has 1 aromatic rings. The zero-order chi connectivity index (χ0) is 9.90. The lowest BCUT2D eigenvalue weighted by Gasteiger charge is -2.10. The van der Waals surface area contributed by atoms with Gasteiger partial charge in [0.1, 0.15) is 5.75 Å². The second-order valence-corrected chi connectivity index (χ2v) is 2.44. The van der Waals surface area contributed by atoms with Gasteiger partial charge in [-0.1, -0.05) is 12.1 Å². The monoisotopic (exact) mass is 227 g/mol. The van der Waals surface area contributed by atoms with Gasteiger partial charge in [-0.25, -0.2) is 0 Å². The molecule has 0 fully saturated rings. The summed E-state index contributed by atoms with van der Waals surface area (Å²) in [5.74, 6) is 0.0554. The third-order valence-corrected chi connectivity index (χ3v) is 1.31. The van der Waals surface area contributed by atoms with Crippen LogP contribution in [0.1, 0.15) is 0 Å². The van der Waals surface area contributed by atoms with Crippen molar-refractivity contribution in [2.24, 2.45) is 0 Å². The van der Waals surface area contributed by atoms with Crippen molar-refractivity contribution in [1.82, 2.24) is 0 Å². The number of anilines is 1.